The van der Waals surface area contributed by atoms with Crippen molar-refractivity contribution in [2.75, 3.05) is 12.4 Å². The highest BCUT2D eigenvalue weighted by Crippen LogP contribution is 2.39. The van der Waals surface area contributed by atoms with Crippen molar-refractivity contribution in [3.05, 3.63) is 11.9 Å². The fourth-order valence-corrected chi connectivity index (χ4v) is 2.21. The maximum Gasteiger partial charge on any atom is 0.135 e. The SMILES string of the molecule is CNc1cc(SC(C)C)nc(C2CC2)n1. The van der Waals surface area contributed by atoms with Crippen LogP contribution in [0.2, 0.25) is 0 Å². The van der Waals surface area contributed by atoms with Gasteiger partial charge in [0.15, 0.2) is 0 Å². The Morgan fingerprint density at radius 1 is 1.40 bits per heavy atom. The Bertz CT molecular complexity index is 348. The number of aromatic nitrogens is 2. The maximum atomic E-state index is 4.60. The van der Waals surface area contributed by atoms with Crippen molar-refractivity contribution in [1.29, 1.82) is 0 Å². The van der Waals surface area contributed by atoms with Gasteiger partial charge in [-0.2, -0.15) is 0 Å². The zero-order chi connectivity index (χ0) is 10.8. The largest absolute Gasteiger partial charge is 0.373 e. The lowest BCUT2D eigenvalue weighted by Crippen LogP contribution is -2.01. The number of thioether (sulfide) groups is 1. The summed E-state index contributed by atoms with van der Waals surface area (Å²) < 4.78 is 0. The molecule has 15 heavy (non-hydrogen) atoms. The quantitative estimate of drug-likeness (QED) is 0.629. The van der Waals surface area contributed by atoms with E-state index in [4.69, 9.17) is 0 Å². The molecule has 0 radical (unpaired) electrons. The van der Waals surface area contributed by atoms with Gasteiger partial charge in [-0.3, -0.25) is 0 Å². The van der Waals surface area contributed by atoms with Crippen molar-refractivity contribution in [1.82, 2.24) is 9.97 Å². The summed E-state index contributed by atoms with van der Waals surface area (Å²) in [7, 11) is 1.91. The lowest BCUT2D eigenvalue weighted by Gasteiger charge is -2.08. The minimum Gasteiger partial charge on any atom is -0.373 e. The normalized spacial score (nSPS) is 15.7. The van der Waals surface area contributed by atoms with E-state index in [0.29, 0.717) is 11.2 Å². The zero-order valence-corrected chi connectivity index (χ0v) is 10.3. The molecule has 0 aromatic carbocycles. The van der Waals surface area contributed by atoms with Crippen molar-refractivity contribution in [2.45, 2.75) is 42.9 Å². The summed E-state index contributed by atoms with van der Waals surface area (Å²) >= 11 is 1.80. The Hall–Kier alpha value is -0.770. The summed E-state index contributed by atoms with van der Waals surface area (Å²) in [5, 5.41) is 4.75. The molecule has 1 fully saturated rings. The lowest BCUT2D eigenvalue weighted by atomic mass is 10.4. The third-order valence-electron chi connectivity index (χ3n) is 2.28. The molecule has 4 heteroatoms. The summed E-state index contributed by atoms with van der Waals surface area (Å²) in [5.41, 5.74) is 0. The molecule has 0 spiro atoms. The van der Waals surface area contributed by atoms with E-state index in [-0.39, 0.29) is 0 Å². The van der Waals surface area contributed by atoms with Gasteiger partial charge in [-0.15, -0.1) is 11.8 Å². The number of anilines is 1. The first-order chi connectivity index (χ1) is 7.19. The summed E-state index contributed by atoms with van der Waals surface area (Å²) in [5.74, 6) is 2.57. The zero-order valence-electron chi connectivity index (χ0n) is 9.45. The summed E-state index contributed by atoms with van der Waals surface area (Å²) in [6, 6.07) is 2.02. The van der Waals surface area contributed by atoms with E-state index in [1.165, 1.54) is 12.8 Å². The Morgan fingerprint density at radius 3 is 2.67 bits per heavy atom. The Morgan fingerprint density at radius 2 is 2.13 bits per heavy atom. The second kappa shape index (κ2) is 4.39. The van der Waals surface area contributed by atoms with Gasteiger partial charge in [-0.25, -0.2) is 9.97 Å². The molecule has 1 heterocycles. The van der Waals surface area contributed by atoms with Gasteiger partial charge in [-0.05, 0) is 12.8 Å². The average Bonchev–Trinajstić information content (AvgIpc) is 2.99. The molecule has 2 rings (SSSR count). The summed E-state index contributed by atoms with van der Waals surface area (Å²) in [6.07, 6.45) is 2.50. The third kappa shape index (κ3) is 2.84. The molecule has 0 aliphatic heterocycles. The minimum absolute atomic E-state index is 0.566. The predicted molar refractivity (Wildman–Crippen MR) is 64.5 cm³/mol. The average molecular weight is 223 g/mol. The fourth-order valence-electron chi connectivity index (χ4n) is 1.40. The van der Waals surface area contributed by atoms with Crippen LogP contribution in [0.5, 0.6) is 0 Å². The van der Waals surface area contributed by atoms with Crippen LogP contribution < -0.4 is 5.32 Å². The van der Waals surface area contributed by atoms with Crippen molar-refractivity contribution in [3.63, 3.8) is 0 Å². The first-order valence-corrected chi connectivity index (χ1v) is 6.30. The molecule has 1 aliphatic carbocycles. The van der Waals surface area contributed by atoms with Crippen LogP contribution >= 0.6 is 11.8 Å². The van der Waals surface area contributed by atoms with E-state index in [9.17, 15) is 0 Å². The molecule has 0 bridgehead atoms. The van der Waals surface area contributed by atoms with Gasteiger partial charge in [0.25, 0.3) is 0 Å². The molecule has 0 atom stereocenters. The van der Waals surface area contributed by atoms with Gasteiger partial charge in [0, 0.05) is 24.3 Å². The van der Waals surface area contributed by atoms with Crippen LogP contribution in [0, 0.1) is 0 Å². The Kier molecular flexibility index (Phi) is 3.14. The van der Waals surface area contributed by atoms with Crippen molar-refractivity contribution >= 4 is 17.6 Å². The molecule has 1 N–H and O–H groups in total. The van der Waals surface area contributed by atoms with E-state index in [1.54, 1.807) is 11.8 Å². The highest BCUT2D eigenvalue weighted by Gasteiger charge is 2.27. The maximum absolute atomic E-state index is 4.60. The molecule has 1 aromatic heterocycles. The van der Waals surface area contributed by atoms with Crippen LogP contribution in [0.25, 0.3) is 0 Å². The molecule has 1 aromatic rings. The van der Waals surface area contributed by atoms with Crippen LogP contribution in [-0.4, -0.2) is 22.3 Å². The smallest absolute Gasteiger partial charge is 0.135 e. The van der Waals surface area contributed by atoms with E-state index in [0.717, 1.165) is 16.7 Å². The highest BCUT2D eigenvalue weighted by molar-refractivity contribution is 7.99. The molecular formula is C11H17N3S. The standard InChI is InChI=1S/C11H17N3S/c1-7(2)15-10-6-9(12-3)13-11(14-10)8-4-5-8/h6-8H,4-5H2,1-3H3,(H,12,13,14). The minimum atomic E-state index is 0.566. The molecule has 0 saturated heterocycles. The molecule has 82 valence electrons. The lowest BCUT2D eigenvalue weighted by molar-refractivity contribution is 0.878. The summed E-state index contributed by atoms with van der Waals surface area (Å²) in [6.45, 7) is 4.37. The third-order valence-corrected chi connectivity index (χ3v) is 3.20. The van der Waals surface area contributed by atoms with Gasteiger partial charge in [-0.1, -0.05) is 13.8 Å². The second-order valence-electron chi connectivity index (χ2n) is 4.14. The number of hydrogen-bond donors (Lipinski definition) is 1. The van der Waals surface area contributed by atoms with E-state index < -0.39 is 0 Å². The van der Waals surface area contributed by atoms with Crippen LogP contribution in [0.15, 0.2) is 11.1 Å². The second-order valence-corrected chi connectivity index (χ2v) is 5.74. The highest BCUT2D eigenvalue weighted by atomic mass is 32.2. The number of hydrogen-bond acceptors (Lipinski definition) is 4. The van der Waals surface area contributed by atoms with Crippen LogP contribution in [0.3, 0.4) is 0 Å². The van der Waals surface area contributed by atoms with Gasteiger partial charge in [0.2, 0.25) is 0 Å². The van der Waals surface area contributed by atoms with E-state index >= 15 is 0 Å². The van der Waals surface area contributed by atoms with Crippen LogP contribution in [0.1, 0.15) is 38.4 Å². The van der Waals surface area contributed by atoms with Crippen LogP contribution in [0.4, 0.5) is 5.82 Å². The molecule has 1 aliphatic rings. The topological polar surface area (TPSA) is 37.8 Å². The molecule has 3 nitrogen and oxygen atoms in total. The fraction of sp³-hybridized carbons (Fsp3) is 0.636. The van der Waals surface area contributed by atoms with Crippen LogP contribution in [-0.2, 0) is 0 Å². The molecule has 0 amide bonds. The molecular weight excluding hydrogens is 206 g/mol. The monoisotopic (exact) mass is 223 g/mol. The Labute approximate surface area is 95.1 Å². The van der Waals surface area contributed by atoms with E-state index in [1.807, 2.05) is 13.1 Å². The van der Waals surface area contributed by atoms with Gasteiger partial charge in [0.1, 0.15) is 16.7 Å². The first kappa shape index (κ1) is 10.7. The molecule has 0 unspecified atom stereocenters. The number of nitrogens with zero attached hydrogens (tertiary/aromatic N) is 2. The van der Waals surface area contributed by atoms with Gasteiger partial charge in [0.05, 0.1) is 0 Å². The molecule has 1 saturated carbocycles. The number of rotatable bonds is 4. The van der Waals surface area contributed by atoms with Crippen molar-refractivity contribution in [2.24, 2.45) is 0 Å². The van der Waals surface area contributed by atoms with Gasteiger partial charge < -0.3 is 5.32 Å². The Balaban J connectivity index is 2.24. The summed E-state index contributed by atoms with van der Waals surface area (Å²) in [4.78, 5) is 9.08. The van der Waals surface area contributed by atoms with Gasteiger partial charge >= 0.3 is 0 Å². The first-order valence-electron chi connectivity index (χ1n) is 5.42. The van der Waals surface area contributed by atoms with Crippen molar-refractivity contribution < 1.29 is 0 Å². The predicted octanol–water partition coefficient (Wildman–Crippen LogP) is 2.90. The number of nitrogens with one attached hydrogen (secondary N) is 1. The van der Waals surface area contributed by atoms with Crippen molar-refractivity contribution in [3.8, 4) is 0 Å². The van der Waals surface area contributed by atoms with E-state index in [2.05, 4.69) is 29.1 Å².